The summed E-state index contributed by atoms with van der Waals surface area (Å²) in [5, 5.41) is 3.52. The number of hydrogen-bond donors (Lipinski definition) is 1. The highest BCUT2D eigenvalue weighted by Gasteiger charge is 2.39. The summed E-state index contributed by atoms with van der Waals surface area (Å²) in [6, 6.07) is 0.568. The lowest BCUT2D eigenvalue weighted by Gasteiger charge is -2.42. The quantitative estimate of drug-likeness (QED) is 0.750. The van der Waals surface area contributed by atoms with Crippen LogP contribution in [0.15, 0.2) is 0 Å². The molecule has 1 N–H and O–H groups in total. The zero-order valence-corrected chi connectivity index (χ0v) is 10.9. The van der Waals surface area contributed by atoms with Crippen LogP contribution >= 0.6 is 0 Å². The maximum Gasteiger partial charge on any atom is 0.0830 e. The molecule has 16 heavy (non-hydrogen) atoms. The average Bonchev–Trinajstić information content (AvgIpc) is 3.15. The maximum atomic E-state index is 5.92. The van der Waals surface area contributed by atoms with Crippen LogP contribution in [0.1, 0.15) is 57.8 Å². The fourth-order valence-corrected chi connectivity index (χ4v) is 3.32. The number of nitrogens with one attached hydrogen (secondary N) is 1. The van der Waals surface area contributed by atoms with Gasteiger partial charge in [-0.2, -0.15) is 0 Å². The Bertz CT molecular complexity index is 207. The van der Waals surface area contributed by atoms with Crippen molar-refractivity contribution in [3.8, 4) is 0 Å². The summed E-state index contributed by atoms with van der Waals surface area (Å²) in [6.07, 6.45) is 12.2. The van der Waals surface area contributed by atoms with Crippen molar-refractivity contribution in [3.05, 3.63) is 0 Å². The molecule has 2 fully saturated rings. The van der Waals surface area contributed by atoms with Crippen molar-refractivity contribution in [1.29, 1.82) is 0 Å². The largest absolute Gasteiger partial charge is 0.377 e. The van der Waals surface area contributed by atoms with Crippen molar-refractivity contribution in [2.75, 3.05) is 14.2 Å². The average molecular weight is 225 g/mol. The molecule has 2 aliphatic carbocycles. The molecule has 94 valence electrons. The Morgan fingerprint density at radius 1 is 1.25 bits per heavy atom. The van der Waals surface area contributed by atoms with E-state index >= 15 is 0 Å². The third-order valence-corrected chi connectivity index (χ3v) is 4.65. The molecule has 2 aliphatic rings. The van der Waals surface area contributed by atoms with Crippen LogP contribution in [0, 0.1) is 5.92 Å². The third-order valence-electron chi connectivity index (χ3n) is 4.65. The molecular formula is C14H27NO. The van der Waals surface area contributed by atoms with Crippen LogP contribution in [0.2, 0.25) is 0 Å². The van der Waals surface area contributed by atoms with Crippen molar-refractivity contribution in [2.45, 2.75) is 69.4 Å². The van der Waals surface area contributed by atoms with Crippen LogP contribution < -0.4 is 5.32 Å². The van der Waals surface area contributed by atoms with Gasteiger partial charge in [-0.3, -0.25) is 0 Å². The second-order valence-electron chi connectivity index (χ2n) is 5.69. The van der Waals surface area contributed by atoms with Crippen molar-refractivity contribution < 1.29 is 4.74 Å². The summed E-state index contributed by atoms with van der Waals surface area (Å²) in [6.45, 7) is 0. The van der Waals surface area contributed by atoms with Crippen LogP contribution in [0.5, 0.6) is 0 Å². The van der Waals surface area contributed by atoms with E-state index in [1.54, 1.807) is 0 Å². The Labute approximate surface area is 100 Å². The minimum atomic E-state index is 0.141. The highest BCUT2D eigenvalue weighted by atomic mass is 16.5. The van der Waals surface area contributed by atoms with E-state index in [0.717, 1.165) is 5.92 Å². The van der Waals surface area contributed by atoms with E-state index in [4.69, 9.17) is 4.74 Å². The van der Waals surface area contributed by atoms with Gasteiger partial charge in [0, 0.05) is 13.2 Å². The van der Waals surface area contributed by atoms with E-state index in [0.29, 0.717) is 6.04 Å². The Kier molecular flexibility index (Phi) is 4.26. The normalized spacial score (nSPS) is 26.6. The lowest BCUT2D eigenvalue weighted by atomic mass is 9.77. The predicted molar refractivity (Wildman–Crippen MR) is 67.6 cm³/mol. The smallest absolute Gasteiger partial charge is 0.0830 e. The summed E-state index contributed by atoms with van der Waals surface area (Å²) in [4.78, 5) is 0. The molecule has 1 unspecified atom stereocenters. The van der Waals surface area contributed by atoms with Gasteiger partial charge >= 0.3 is 0 Å². The second kappa shape index (κ2) is 5.50. The van der Waals surface area contributed by atoms with Gasteiger partial charge in [-0.1, -0.05) is 32.1 Å². The molecule has 0 saturated heterocycles. The van der Waals surface area contributed by atoms with Crippen LogP contribution in [-0.4, -0.2) is 25.8 Å². The minimum Gasteiger partial charge on any atom is -0.377 e. The van der Waals surface area contributed by atoms with Crippen molar-refractivity contribution in [2.24, 2.45) is 5.92 Å². The predicted octanol–water partition coefficient (Wildman–Crippen LogP) is 3.11. The number of rotatable bonds is 6. The zero-order chi connectivity index (χ0) is 11.4. The van der Waals surface area contributed by atoms with Crippen LogP contribution in [0.25, 0.3) is 0 Å². The van der Waals surface area contributed by atoms with Crippen molar-refractivity contribution in [1.82, 2.24) is 5.32 Å². The molecule has 0 radical (unpaired) electrons. The maximum absolute atomic E-state index is 5.92. The SMILES string of the molecule is CNC(CCC1CC1)C1(OC)CCCCC1. The Morgan fingerprint density at radius 2 is 1.94 bits per heavy atom. The van der Waals surface area contributed by atoms with Gasteiger partial charge in [-0.15, -0.1) is 0 Å². The van der Waals surface area contributed by atoms with Crippen LogP contribution in [-0.2, 0) is 4.74 Å². The summed E-state index contributed by atoms with van der Waals surface area (Å²) in [5.41, 5.74) is 0.141. The van der Waals surface area contributed by atoms with Gasteiger partial charge < -0.3 is 10.1 Å². The van der Waals surface area contributed by atoms with E-state index in [9.17, 15) is 0 Å². The lowest BCUT2D eigenvalue weighted by molar-refractivity contribution is -0.0682. The molecule has 2 heteroatoms. The summed E-state index contributed by atoms with van der Waals surface area (Å²) < 4.78 is 5.92. The number of hydrogen-bond acceptors (Lipinski definition) is 2. The fourth-order valence-electron chi connectivity index (χ4n) is 3.32. The zero-order valence-electron chi connectivity index (χ0n) is 10.9. The molecule has 1 atom stereocenters. The first-order valence-corrected chi connectivity index (χ1v) is 7.03. The Hall–Kier alpha value is -0.0800. The molecule has 0 aromatic carbocycles. The molecule has 0 aromatic heterocycles. The van der Waals surface area contributed by atoms with Gasteiger partial charge in [-0.05, 0) is 38.6 Å². The summed E-state index contributed by atoms with van der Waals surface area (Å²) in [7, 11) is 4.01. The number of ether oxygens (including phenoxy) is 1. The molecule has 0 bridgehead atoms. The standard InChI is InChI=1S/C14H27NO/c1-15-13(9-8-12-6-7-12)14(16-2)10-4-3-5-11-14/h12-13,15H,3-11H2,1-2H3. The highest BCUT2D eigenvalue weighted by Crippen LogP contribution is 2.39. The molecule has 2 rings (SSSR count). The second-order valence-corrected chi connectivity index (χ2v) is 5.69. The summed E-state index contributed by atoms with van der Waals surface area (Å²) >= 11 is 0. The van der Waals surface area contributed by atoms with E-state index in [1.807, 2.05) is 7.11 Å². The van der Waals surface area contributed by atoms with E-state index in [1.165, 1.54) is 57.8 Å². The molecule has 0 heterocycles. The topological polar surface area (TPSA) is 21.3 Å². The fraction of sp³-hybridized carbons (Fsp3) is 1.00. The third kappa shape index (κ3) is 2.78. The van der Waals surface area contributed by atoms with Gasteiger partial charge in [0.2, 0.25) is 0 Å². The molecular weight excluding hydrogens is 198 g/mol. The first kappa shape index (κ1) is 12.4. The first-order valence-electron chi connectivity index (χ1n) is 7.03. The van der Waals surface area contributed by atoms with Gasteiger partial charge in [0.15, 0.2) is 0 Å². The lowest BCUT2D eigenvalue weighted by Crippen LogP contribution is -2.52. The Balaban J connectivity index is 1.91. The van der Waals surface area contributed by atoms with Crippen molar-refractivity contribution in [3.63, 3.8) is 0 Å². The minimum absolute atomic E-state index is 0.141. The first-order chi connectivity index (χ1) is 7.80. The van der Waals surface area contributed by atoms with E-state index in [-0.39, 0.29) is 5.60 Å². The molecule has 0 amide bonds. The van der Waals surface area contributed by atoms with E-state index < -0.39 is 0 Å². The molecule has 2 nitrogen and oxygen atoms in total. The van der Waals surface area contributed by atoms with E-state index in [2.05, 4.69) is 12.4 Å². The van der Waals surface area contributed by atoms with Crippen molar-refractivity contribution >= 4 is 0 Å². The number of likely N-dealkylation sites (N-methyl/N-ethyl adjacent to an activating group) is 1. The Morgan fingerprint density at radius 3 is 2.44 bits per heavy atom. The molecule has 0 aromatic rings. The van der Waals surface area contributed by atoms with Crippen LogP contribution in [0.4, 0.5) is 0 Å². The highest BCUT2D eigenvalue weighted by molar-refractivity contribution is 4.95. The monoisotopic (exact) mass is 225 g/mol. The number of methoxy groups -OCH3 is 1. The van der Waals surface area contributed by atoms with Gasteiger partial charge in [-0.25, -0.2) is 0 Å². The van der Waals surface area contributed by atoms with Gasteiger partial charge in [0.05, 0.1) is 5.60 Å². The summed E-state index contributed by atoms with van der Waals surface area (Å²) in [5.74, 6) is 1.04. The molecule has 0 spiro atoms. The molecule has 0 aliphatic heterocycles. The van der Waals surface area contributed by atoms with Crippen LogP contribution in [0.3, 0.4) is 0 Å². The van der Waals surface area contributed by atoms with Gasteiger partial charge in [0.1, 0.15) is 0 Å². The molecule has 2 saturated carbocycles. The van der Waals surface area contributed by atoms with Gasteiger partial charge in [0.25, 0.3) is 0 Å².